The molecule has 0 heterocycles. The topological polar surface area (TPSA) is 75.3 Å². The highest BCUT2D eigenvalue weighted by Crippen LogP contribution is 2.19. The molecule has 0 bridgehead atoms. The number of benzene rings is 2. The molecule has 5 nitrogen and oxygen atoms in total. The van der Waals surface area contributed by atoms with Gasteiger partial charge < -0.3 is 10.6 Å². The molecule has 0 saturated carbocycles. The second-order valence-corrected chi connectivity index (χ2v) is 7.29. The molecule has 0 aliphatic heterocycles. The lowest BCUT2D eigenvalue weighted by molar-refractivity contribution is 0.0953. The lowest BCUT2D eigenvalue weighted by Gasteiger charge is -2.13. The Morgan fingerprint density at radius 1 is 0.897 bits per heavy atom. The summed E-state index contributed by atoms with van der Waals surface area (Å²) < 4.78 is 0. The van der Waals surface area contributed by atoms with Crippen LogP contribution >= 0.6 is 0 Å². The minimum absolute atomic E-state index is 0.0660. The van der Waals surface area contributed by atoms with Gasteiger partial charge in [0.15, 0.2) is 5.78 Å². The van der Waals surface area contributed by atoms with E-state index in [9.17, 15) is 14.4 Å². The highest BCUT2D eigenvalue weighted by molar-refractivity contribution is 6.06. The third kappa shape index (κ3) is 5.88. The summed E-state index contributed by atoms with van der Waals surface area (Å²) in [6, 6.07) is 13.4. The van der Waals surface area contributed by atoms with Crippen molar-refractivity contribution < 1.29 is 14.4 Å². The molecule has 150 valence electrons. The van der Waals surface area contributed by atoms with Gasteiger partial charge in [-0.1, -0.05) is 29.8 Å². The average molecular weight is 390 g/mol. The Labute approximate surface area is 171 Å². The van der Waals surface area contributed by atoms with Crippen LogP contribution in [0.3, 0.4) is 0 Å². The molecular weight excluding hydrogens is 364 g/mol. The zero-order valence-corrected chi connectivity index (χ0v) is 16.7. The Bertz CT molecular complexity index is 947. The fourth-order valence-electron chi connectivity index (χ4n) is 3.39. The third-order valence-electron chi connectivity index (χ3n) is 5.03. The molecule has 1 aliphatic carbocycles. The van der Waals surface area contributed by atoms with Crippen molar-refractivity contribution >= 4 is 23.3 Å². The SMILES string of the molecule is CC(=O)c1cccc(NC(=O)c2cccc(C(=O)NCCC3=CCCCC3)c2)c1. The van der Waals surface area contributed by atoms with Crippen molar-refractivity contribution in [3.05, 3.63) is 76.9 Å². The summed E-state index contributed by atoms with van der Waals surface area (Å²) >= 11 is 0. The maximum atomic E-state index is 12.6. The van der Waals surface area contributed by atoms with Crippen LogP contribution in [0.1, 0.15) is 70.1 Å². The monoisotopic (exact) mass is 390 g/mol. The number of nitrogens with one attached hydrogen (secondary N) is 2. The Kier molecular flexibility index (Phi) is 6.95. The van der Waals surface area contributed by atoms with E-state index >= 15 is 0 Å². The second-order valence-electron chi connectivity index (χ2n) is 7.29. The molecule has 29 heavy (non-hydrogen) atoms. The number of carbonyl (C=O) groups excluding carboxylic acids is 3. The Morgan fingerprint density at radius 3 is 2.34 bits per heavy atom. The molecule has 0 atom stereocenters. The van der Waals surface area contributed by atoms with Crippen LogP contribution in [0.15, 0.2) is 60.2 Å². The van der Waals surface area contributed by atoms with E-state index in [-0.39, 0.29) is 17.6 Å². The van der Waals surface area contributed by atoms with Gasteiger partial charge in [0.1, 0.15) is 0 Å². The van der Waals surface area contributed by atoms with E-state index in [4.69, 9.17) is 0 Å². The number of allylic oxidation sites excluding steroid dienone is 1. The molecule has 2 amide bonds. The van der Waals surface area contributed by atoms with Crippen LogP contribution in [0, 0.1) is 0 Å². The van der Waals surface area contributed by atoms with Crippen LogP contribution in [0.2, 0.25) is 0 Å². The molecule has 2 aromatic carbocycles. The van der Waals surface area contributed by atoms with Crippen LogP contribution in [0.4, 0.5) is 5.69 Å². The first-order chi connectivity index (χ1) is 14.0. The average Bonchev–Trinajstić information content (AvgIpc) is 2.74. The van der Waals surface area contributed by atoms with Gasteiger partial charge in [-0.3, -0.25) is 14.4 Å². The summed E-state index contributed by atoms with van der Waals surface area (Å²) in [6.45, 7) is 2.08. The fourth-order valence-corrected chi connectivity index (χ4v) is 3.39. The van der Waals surface area contributed by atoms with Crippen LogP contribution in [-0.4, -0.2) is 24.1 Å². The highest BCUT2D eigenvalue weighted by Gasteiger charge is 2.12. The molecule has 1 aliphatic rings. The van der Waals surface area contributed by atoms with Gasteiger partial charge in [0.05, 0.1) is 0 Å². The normalized spacial score (nSPS) is 13.3. The van der Waals surface area contributed by atoms with Crippen molar-refractivity contribution in [1.29, 1.82) is 0 Å². The number of rotatable bonds is 7. The number of hydrogen-bond donors (Lipinski definition) is 2. The maximum Gasteiger partial charge on any atom is 0.255 e. The van der Waals surface area contributed by atoms with Crippen molar-refractivity contribution in [3.63, 3.8) is 0 Å². The lowest BCUT2D eigenvalue weighted by atomic mass is 9.97. The molecule has 2 aromatic rings. The first-order valence-corrected chi connectivity index (χ1v) is 10.0. The van der Waals surface area contributed by atoms with Crippen LogP contribution in [-0.2, 0) is 0 Å². The molecular formula is C24H26N2O3. The zero-order chi connectivity index (χ0) is 20.6. The largest absolute Gasteiger partial charge is 0.352 e. The molecule has 5 heteroatoms. The number of Topliss-reactive ketones (excluding diaryl/α,β-unsaturated/α-hetero) is 1. The fraction of sp³-hybridized carbons (Fsp3) is 0.292. The van der Waals surface area contributed by atoms with E-state index in [2.05, 4.69) is 16.7 Å². The molecule has 0 aromatic heterocycles. The number of carbonyl (C=O) groups is 3. The molecule has 0 radical (unpaired) electrons. The van der Waals surface area contributed by atoms with Crippen molar-refractivity contribution in [3.8, 4) is 0 Å². The summed E-state index contributed by atoms with van der Waals surface area (Å²) in [5.74, 6) is -0.578. The molecule has 0 unspecified atom stereocenters. The van der Waals surface area contributed by atoms with Gasteiger partial charge >= 0.3 is 0 Å². The Balaban J connectivity index is 1.60. The molecule has 0 saturated heterocycles. The van der Waals surface area contributed by atoms with Gasteiger partial charge in [-0.2, -0.15) is 0 Å². The van der Waals surface area contributed by atoms with Crippen LogP contribution in [0.25, 0.3) is 0 Å². The number of hydrogen-bond acceptors (Lipinski definition) is 3. The quantitative estimate of drug-likeness (QED) is 0.529. The standard InChI is InChI=1S/C24H26N2O3/c1-17(27)19-9-6-12-22(16-19)26-24(29)21-11-5-10-20(15-21)23(28)25-14-13-18-7-3-2-4-8-18/h5-7,9-12,15-16H,2-4,8,13-14H2,1H3,(H,25,28)(H,26,29). The van der Waals surface area contributed by atoms with E-state index in [1.807, 2.05) is 0 Å². The Hall–Kier alpha value is -3.21. The smallest absolute Gasteiger partial charge is 0.255 e. The number of ketones is 1. The molecule has 0 fully saturated rings. The van der Waals surface area contributed by atoms with E-state index in [1.54, 1.807) is 48.5 Å². The van der Waals surface area contributed by atoms with Crippen LogP contribution in [0.5, 0.6) is 0 Å². The first-order valence-electron chi connectivity index (χ1n) is 10.0. The maximum absolute atomic E-state index is 12.6. The summed E-state index contributed by atoms with van der Waals surface area (Å²) in [5, 5.41) is 5.71. The van der Waals surface area contributed by atoms with Gasteiger partial charge in [0, 0.05) is 28.9 Å². The minimum Gasteiger partial charge on any atom is -0.352 e. The number of amides is 2. The van der Waals surface area contributed by atoms with Crippen molar-refractivity contribution in [1.82, 2.24) is 5.32 Å². The molecule has 3 rings (SSSR count). The van der Waals surface area contributed by atoms with Crippen molar-refractivity contribution in [2.75, 3.05) is 11.9 Å². The number of anilines is 1. The summed E-state index contributed by atoms with van der Waals surface area (Å²) in [7, 11) is 0. The molecule has 2 N–H and O–H groups in total. The van der Waals surface area contributed by atoms with Crippen molar-refractivity contribution in [2.45, 2.75) is 39.0 Å². The van der Waals surface area contributed by atoms with E-state index in [1.165, 1.54) is 25.3 Å². The molecule has 0 spiro atoms. The minimum atomic E-state index is -0.326. The van der Waals surface area contributed by atoms with E-state index < -0.39 is 0 Å². The summed E-state index contributed by atoms with van der Waals surface area (Å²) in [4.78, 5) is 36.5. The summed E-state index contributed by atoms with van der Waals surface area (Å²) in [6.07, 6.45) is 7.89. The van der Waals surface area contributed by atoms with Crippen molar-refractivity contribution in [2.24, 2.45) is 0 Å². The van der Waals surface area contributed by atoms with E-state index in [0.717, 1.165) is 19.3 Å². The van der Waals surface area contributed by atoms with Gasteiger partial charge in [-0.15, -0.1) is 0 Å². The van der Waals surface area contributed by atoms with Gasteiger partial charge in [-0.25, -0.2) is 0 Å². The lowest BCUT2D eigenvalue weighted by Crippen LogP contribution is -2.25. The van der Waals surface area contributed by atoms with Gasteiger partial charge in [0.2, 0.25) is 0 Å². The predicted molar refractivity (Wildman–Crippen MR) is 114 cm³/mol. The Morgan fingerprint density at radius 2 is 1.62 bits per heavy atom. The van der Waals surface area contributed by atoms with Crippen LogP contribution < -0.4 is 10.6 Å². The highest BCUT2D eigenvalue weighted by atomic mass is 16.2. The van der Waals surface area contributed by atoms with Gasteiger partial charge in [-0.05, 0) is 69.4 Å². The predicted octanol–water partition coefficient (Wildman–Crippen LogP) is 4.76. The second kappa shape index (κ2) is 9.82. The van der Waals surface area contributed by atoms with E-state index in [0.29, 0.717) is 28.9 Å². The van der Waals surface area contributed by atoms with Gasteiger partial charge in [0.25, 0.3) is 11.8 Å². The summed E-state index contributed by atoms with van der Waals surface area (Å²) in [5.41, 5.74) is 3.33. The first kappa shape index (κ1) is 20.5. The third-order valence-corrected chi connectivity index (χ3v) is 5.03. The zero-order valence-electron chi connectivity index (χ0n) is 16.7.